The predicted molar refractivity (Wildman–Crippen MR) is 102 cm³/mol. The molecule has 28 heavy (non-hydrogen) atoms. The zero-order chi connectivity index (χ0) is 20.1. The van der Waals surface area contributed by atoms with Crippen LogP contribution in [0.2, 0.25) is 0 Å². The van der Waals surface area contributed by atoms with Gasteiger partial charge in [-0.05, 0) is 37.1 Å². The smallest absolute Gasteiger partial charge is 0.273 e. The van der Waals surface area contributed by atoms with Crippen molar-refractivity contribution < 1.29 is 14.0 Å². The second-order valence-corrected chi connectivity index (χ2v) is 6.14. The molecule has 1 heterocycles. The normalized spacial score (nSPS) is 10.6. The van der Waals surface area contributed by atoms with Crippen LogP contribution >= 0.6 is 0 Å². The van der Waals surface area contributed by atoms with Crippen LogP contribution in [-0.2, 0) is 17.8 Å². The summed E-state index contributed by atoms with van der Waals surface area (Å²) >= 11 is 0. The molecular formula is C20H19FN4O3. The van der Waals surface area contributed by atoms with E-state index in [4.69, 9.17) is 0 Å². The van der Waals surface area contributed by atoms with Gasteiger partial charge in [-0.1, -0.05) is 30.3 Å². The lowest BCUT2D eigenvalue weighted by Crippen LogP contribution is -2.42. The number of carbonyl (C=O) groups is 2. The van der Waals surface area contributed by atoms with Crippen molar-refractivity contribution in [1.29, 1.82) is 0 Å². The minimum atomic E-state index is -0.617. The third-order valence-corrected chi connectivity index (χ3v) is 4.25. The molecule has 0 atom stereocenters. The van der Waals surface area contributed by atoms with Gasteiger partial charge in [0.2, 0.25) is 5.91 Å². The number of hydrogen-bond acceptors (Lipinski definition) is 4. The number of fused-ring (bicyclic) bond motifs is 1. The van der Waals surface area contributed by atoms with Gasteiger partial charge in [-0.2, -0.15) is 5.10 Å². The molecule has 0 bridgehead atoms. The molecule has 0 saturated heterocycles. The highest BCUT2D eigenvalue weighted by Gasteiger charge is 2.16. The summed E-state index contributed by atoms with van der Waals surface area (Å²) in [5.74, 6) is -1.35. The van der Waals surface area contributed by atoms with E-state index in [1.165, 1.54) is 16.8 Å². The lowest BCUT2D eigenvalue weighted by atomic mass is 10.1. The lowest BCUT2D eigenvalue weighted by molar-refractivity contribution is -0.121. The Morgan fingerprint density at radius 1 is 1.04 bits per heavy atom. The molecule has 0 saturated carbocycles. The van der Waals surface area contributed by atoms with Crippen LogP contribution in [0.5, 0.6) is 0 Å². The summed E-state index contributed by atoms with van der Waals surface area (Å²) in [5.41, 5.74) is 5.25. The summed E-state index contributed by atoms with van der Waals surface area (Å²) in [4.78, 5) is 36.8. The van der Waals surface area contributed by atoms with Crippen LogP contribution in [0.4, 0.5) is 4.39 Å². The van der Waals surface area contributed by atoms with Crippen molar-refractivity contribution in [2.45, 2.75) is 26.3 Å². The first-order valence-corrected chi connectivity index (χ1v) is 8.83. The molecule has 3 rings (SSSR count). The van der Waals surface area contributed by atoms with Gasteiger partial charge in [0.15, 0.2) is 5.69 Å². The zero-order valence-corrected chi connectivity index (χ0v) is 15.2. The van der Waals surface area contributed by atoms with Crippen molar-refractivity contribution in [2.75, 3.05) is 0 Å². The van der Waals surface area contributed by atoms with Crippen molar-refractivity contribution in [3.8, 4) is 0 Å². The van der Waals surface area contributed by atoms with Crippen molar-refractivity contribution >= 4 is 22.6 Å². The minimum absolute atomic E-state index is 0.0517. The summed E-state index contributed by atoms with van der Waals surface area (Å²) in [7, 11) is 0. The molecule has 0 radical (unpaired) electrons. The minimum Gasteiger partial charge on any atom is -0.273 e. The number of benzene rings is 2. The highest BCUT2D eigenvalue weighted by atomic mass is 19.1. The van der Waals surface area contributed by atoms with Gasteiger partial charge in [-0.15, -0.1) is 0 Å². The predicted octanol–water partition coefficient (Wildman–Crippen LogP) is 1.95. The fourth-order valence-electron chi connectivity index (χ4n) is 2.77. The van der Waals surface area contributed by atoms with Crippen molar-refractivity contribution in [3.05, 3.63) is 76.0 Å². The van der Waals surface area contributed by atoms with E-state index < -0.39 is 11.8 Å². The maximum absolute atomic E-state index is 12.9. The molecule has 2 amide bonds. The fourth-order valence-corrected chi connectivity index (χ4v) is 2.77. The van der Waals surface area contributed by atoms with E-state index in [1.54, 1.807) is 43.3 Å². The molecular weight excluding hydrogens is 363 g/mol. The molecule has 8 heteroatoms. The average molecular weight is 382 g/mol. The van der Waals surface area contributed by atoms with E-state index in [1.807, 2.05) is 0 Å². The van der Waals surface area contributed by atoms with Gasteiger partial charge < -0.3 is 0 Å². The summed E-state index contributed by atoms with van der Waals surface area (Å²) in [6, 6.07) is 12.5. The topological polar surface area (TPSA) is 93.1 Å². The molecule has 3 aromatic rings. The van der Waals surface area contributed by atoms with Gasteiger partial charge in [0.05, 0.1) is 5.39 Å². The average Bonchev–Trinajstić information content (AvgIpc) is 2.72. The quantitative estimate of drug-likeness (QED) is 0.660. The number of aromatic nitrogens is 2. The van der Waals surface area contributed by atoms with Crippen molar-refractivity contribution in [1.82, 2.24) is 20.6 Å². The van der Waals surface area contributed by atoms with E-state index in [0.29, 0.717) is 23.7 Å². The van der Waals surface area contributed by atoms with Gasteiger partial charge in [-0.3, -0.25) is 25.2 Å². The molecule has 7 nitrogen and oxygen atoms in total. The van der Waals surface area contributed by atoms with Crippen LogP contribution in [0.3, 0.4) is 0 Å². The van der Waals surface area contributed by atoms with Crippen LogP contribution in [0, 0.1) is 5.82 Å². The summed E-state index contributed by atoms with van der Waals surface area (Å²) in [6.07, 6.45) is 0.526. The second kappa shape index (κ2) is 8.43. The lowest BCUT2D eigenvalue weighted by Gasteiger charge is -2.11. The fraction of sp³-hybridized carbons (Fsp3) is 0.200. The van der Waals surface area contributed by atoms with E-state index in [9.17, 15) is 18.8 Å². The monoisotopic (exact) mass is 382 g/mol. The van der Waals surface area contributed by atoms with Gasteiger partial charge in [-0.25, -0.2) is 9.07 Å². The van der Waals surface area contributed by atoms with E-state index >= 15 is 0 Å². The molecule has 0 aliphatic carbocycles. The third kappa shape index (κ3) is 4.22. The Kier molecular flexibility index (Phi) is 5.78. The van der Waals surface area contributed by atoms with Crippen molar-refractivity contribution in [2.24, 2.45) is 0 Å². The number of aryl methyl sites for hydroxylation is 2. The first-order valence-electron chi connectivity index (χ1n) is 8.83. The molecule has 144 valence electrons. The number of nitrogens with zero attached hydrogens (tertiary/aromatic N) is 2. The Hall–Kier alpha value is -3.55. The Bertz CT molecular complexity index is 1080. The Morgan fingerprint density at radius 3 is 2.39 bits per heavy atom. The highest BCUT2D eigenvalue weighted by Crippen LogP contribution is 2.13. The Morgan fingerprint density at radius 2 is 1.71 bits per heavy atom. The number of hydrazine groups is 1. The first kappa shape index (κ1) is 19.2. The van der Waals surface area contributed by atoms with E-state index in [2.05, 4.69) is 16.0 Å². The number of halogens is 1. The first-order chi connectivity index (χ1) is 13.5. The summed E-state index contributed by atoms with van der Waals surface area (Å²) < 4.78 is 14.1. The Balaban J connectivity index is 1.68. The highest BCUT2D eigenvalue weighted by molar-refractivity contribution is 6.05. The van der Waals surface area contributed by atoms with Gasteiger partial charge >= 0.3 is 0 Å². The molecule has 0 fully saturated rings. The molecule has 2 N–H and O–H groups in total. The Labute approximate surface area is 160 Å². The van der Waals surface area contributed by atoms with Gasteiger partial charge in [0.25, 0.3) is 11.5 Å². The SMILES string of the molecule is CCn1nc(C(=O)NNC(=O)CCc2ccc(F)cc2)c2ccccc2c1=O. The maximum Gasteiger partial charge on any atom is 0.290 e. The standard InChI is InChI=1S/C20H19FN4O3/c1-2-25-20(28)16-6-4-3-5-15(16)18(24-25)19(27)23-22-17(26)12-9-13-7-10-14(21)11-8-13/h3-8,10-11H,2,9,12H2,1H3,(H,22,26)(H,23,27). The molecule has 0 aliphatic rings. The van der Waals surface area contributed by atoms with Crippen molar-refractivity contribution in [3.63, 3.8) is 0 Å². The number of carbonyl (C=O) groups excluding carboxylic acids is 2. The van der Waals surface area contributed by atoms with Crippen LogP contribution in [0.15, 0.2) is 53.3 Å². The van der Waals surface area contributed by atoms with E-state index in [-0.39, 0.29) is 23.5 Å². The number of hydrogen-bond donors (Lipinski definition) is 2. The number of rotatable bonds is 5. The summed E-state index contributed by atoms with van der Waals surface area (Å²) in [5, 5.41) is 4.90. The van der Waals surface area contributed by atoms with Crippen LogP contribution < -0.4 is 16.4 Å². The number of nitrogens with one attached hydrogen (secondary N) is 2. The molecule has 1 aromatic heterocycles. The molecule has 2 aromatic carbocycles. The largest absolute Gasteiger partial charge is 0.290 e. The van der Waals surface area contributed by atoms with E-state index in [0.717, 1.165) is 5.56 Å². The maximum atomic E-state index is 12.9. The molecule has 0 unspecified atom stereocenters. The van der Waals surface area contributed by atoms with Crippen LogP contribution in [0.1, 0.15) is 29.4 Å². The number of amides is 2. The van der Waals surface area contributed by atoms with Crippen LogP contribution in [0.25, 0.3) is 10.8 Å². The summed E-state index contributed by atoms with van der Waals surface area (Å²) in [6.45, 7) is 2.07. The molecule has 0 aliphatic heterocycles. The van der Waals surface area contributed by atoms with Crippen LogP contribution in [-0.4, -0.2) is 21.6 Å². The van der Waals surface area contributed by atoms with Gasteiger partial charge in [0.1, 0.15) is 5.82 Å². The molecule has 0 spiro atoms. The van der Waals surface area contributed by atoms with Gasteiger partial charge in [0, 0.05) is 18.4 Å². The zero-order valence-electron chi connectivity index (χ0n) is 15.2. The second-order valence-electron chi connectivity index (χ2n) is 6.14. The third-order valence-electron chi connectivity index (χ3n) is 4.25.